The van der Waals surface area contributed by atoms with Crippen LogP contribution in [0.15, 0.2) is 24.3 Å². The SMILES string of the molecule is CNC(CCOCCOC)Cc1ccc(C)cc1. The first-order valence-corrected chi connectivity index (χ1v) is 6.55. The summed E-state index contributed by atoms with van der Waals surface area (Å²) in [5, 5.41) is 3.34. The summed E-state index contributed by atoms with van der Waals surface area (Å²) in [6, 6.07) is 9.20. The van der Waals surface area contributed by atoms with Crippen LogP contribution in [0.5, 0.6) is 0 Å². The van der Waals surface area contributed by atoms with E-state index in [0.29, 0.717) is 19.3 Å². The minimum atomic E-state index is 0.468. The van der Waals surface area contributed by atoms with Gasteiger partial charge in [-0.15, -0.1) is 0 Å². The van der Waals surface area contributed by atoms with Crippen LogP contribution in [0.3, 0.4) is 0 Å². The number of hydrogen-bond acceptors (Lipinski definition) is 3. The Kier molecular flexibility index (Phi) is 7.65. The van der Waals surface area contributed by atoms with E-state index in [-0.39, 0.29) is 0 Å². The summed E-state index contributed by atoms with van der Waals surface area (Å²) < 4.78 is 10.4. The van der Waals surface area contributed by atoms with Crippen LogP contribution in [0.2, 0.25) is 0 Å². The van der Waals surface area contributed by atoms with Gasteiger partial charge in [0.25, 0.3) is 0 Å². The van der Waals surface area contributed by atoms with Crippen LogP contribution in [-0.4, -0.2) is 40.0 Å². The largest absolute Gasteiger partial charge is 0.382 e. The van der Waals surface area contributed by atoms with Gasteiger partial charge in [0.1, 0.15) is 0 Å². The monoisotopic (exact) mass is 251 g/mol. The molecule has 1 atom stereocenters. The highest BCUT2D eigenvalue weighted by Crippen LogP contribution is 2.08. The molecule has 0 saturated carbocycles. The average Bonchev–Trinajstić information content (AvgIpc) is 2.39. The predicted octanol–water partition coefficient (Wildman–Crippen LogP) is 2.18. The van der Waals surface area contributed by atoms with E-state index in [4.69, 9.17) is 9.47 Å². The van der Waals surface area contributed by atoms with E-state index >= 15 is 0 Å². The summed E-state index contributed by atoms with van der Waals surface area (Å²) in [5.41, 5.74) is 2.68. The number of nitrogens with one attached hydrogen (secondary N) is 1. The van der Waals surface area contributed by atoms with Gasteiger partial charge in [0.2, 0.25) is 0 Å². The maximum Gasteiger partial charge on any atom is 0.0700 e. The third-order valence-corrected chi connectivity index (χ3v) is 3.05. The zero-order chi connectivity index (χ0) is 13.2. The van der Waals surface area contributed by atoms with Crippen molar-refractivity contribution in [2.45, 2.75) is 25.8 Å². The molecule has 1 aromatic carbocycles. The lowest BCUT2D eigenvalue weighted by Crippen LogP contribution is -2.29. The van der Waals surface area contributed by atoms with E-state index in [9.17, 15) is 0 Å². The number of ether oxygens (including phenoxy) is 2. The maximum atomic E-state index is 5.50. The molecule has 1 rings (SSSR count). The van der Waals surface area contributed by atoms with Crippen molar-refractivity contribution in [3.63, 3.8) is 0 Å². The zero-order valence-corrected chi connectivity index (χ0v) is 11.7. The van der Waals surface area contributed by atoms with Crippen molar-refractivity contribution in [2.24, 2.45) is 0 Å². The van der Waals surface area contributed by atoms with Gasteiger partial charge >= 0.3 is 0 Å². The smallest absolute Gasteiger partial charge is 0.0700 e. The molecule has 0 aliphatic heterocycles. The summed E-state index contributed by atoms with van der Waals surface area (Å²) in [6.45, 7) is 4.24. The van der Waals surface area contributed by atoms with Crippen molar-refractivity contribution in [2.75, 3.05) is 34.0 Å². The Morgan fingerprint density at radius 2 is 1.83 bits per heavy atom. The van der Waals surface area contributed by atoms with Crippen molar-refractivity contribution in [1.29, 1.82) is 0 Å². The molecule has 0 radical (unpaired) electrons. The van der Waals surface area contributed by atoms with Crippen molar-refractivity contribution in [3.8, 4) is 0 Å². The Morgan fingerprint density at radius 3 is 2.44 bits per heavy atom. The van der Waals surface area contributed by atoms with Crippen LogP contribution in [0.1, 0.15) is 17.5 Å². The molecule has 3 heteroatoms. The normalized spacial score (nSPS) is 12.6. The zero-order valence-electron chi connectivity index (χ0n) is 11.7. The fraction of sp³-hybridized carbons (Fsp3) is 0.600. The highest BCUT2D eigenvalue weighted by molar-refractivity contribution is 5.22. The third kappa shape index (κ3) is 6.15. The molecule has 0 aliphatic carbocycles. The van der Waals surface area contributed by atoms with Gasteiger partial charge in [-0.1, -0.05) is 29.8 Å². The lowest BCUT2D eigenvalue weighted by Gasteiger charge is -2.16. The van der Waals surface area contributed by atoms with E-state index in [1.165, 1.54) is 11.1 Å². The molecular formula is C15H25NO2. The van der Waals surface area contributed by atoms with Crippen LogP contribution in [0, 0.1) is 6.92 Å². The van der Waals surface area contributed by atoms with Crippen molar-refractivity contribution in [1.82, 2.24) is 5.32 Å². The van der Waals surface area contributed by atoms with Gasteiger partial charge in [-0.25, -0.2) is 0 Å². The summed E-state index contributed by atoms with van der Waals surface area (Å²) in [4.78, 5) is 0. The third-order valence-electron chi connectivity index (χ3n) is 3.05. The van der Waals surface area contributed by atoms with Gasteiger partial charge in [0.15, 0.2) is 0 Å². The van der Waals surface area contributed by atoms with Crippen molar-refractivity contribution >= 4 is 0 Å². The molecule has 0 fully saturated rings. The van der Waals surface area contributed by atoms with Gasteiger partial charge in [-0.3, -0.25) is 0 Å². The minimum Gasteiger partial charge on any atom is -0.382 e. The maximum absolute atomic E-state index is 5.50. The fourth-order valence-electron chi connectivity index (χ4n) is 1.83. The molecule has 1 N–H and O–H groups in total. The molecule has 0 bridgehead atoms. The molecule has 102 valence electrons. The first-order valence-electron chi connectivity index (χ1n) is 6.55. The van der Waals surface area contributed by atoms with Gasteiger partial charge in [0.05, 0.1) is 13.2 Å². The number of likely N-dealkylation sites (N-methyl/N-ethyl adjacent to an activating group) is 1. The first kappa shape index (κ1) is 15.2. The summed E-state index contributed by atoms with van der Waals surface area (Å²) >= 11 is 0. The summed E-state index contributed by atoms with van der Waals surface area (Å²) in [7, 11) is 3.70. The molecule has 0 aromatic heterocycles. The van der Waals surface area contributed by atoms with Crippen LogP contribution >= 0.6 is 0 Å². The molecule has 0 heterocycles. The Labute approximate surface area is 110 Å². The van der Waals surface area contributed by atoms with Gasteiger partial charge in [-0.05, 0) is 32.4 Å². The molecule has 18 heavy (non-hydrogen) atoms. The minimum absolute atomic E-state index is 0.468. The standard InChI is InChI=1S/C15H25NO2/c1-13-4-6-14(7-5-13)12-15(16-2)8-9-18-11-10-17-3/h4-7,15-16H,8-12H2,1-3H3. The number of hydrogen-bond donors (Lipinski definition) is 1. The first-order chi connectivity index (χ1) is 8.76. The van der Waals surface area contributed by atoms with E-state index < -0.39 is 0 Å². The number of benzene rings is 1. The topological polar surface area (TPSA) is 30.5 Å². The number of rotatable bonds is 9. The molecule has 1 unspecified atom stereocenters. The van der Waals surface area contributed by atoms with Crippen LogP contribution in [0.25, 0.3) is 0 Å². The number of aryl methyl sites for hydroxylation is 1. The van der Waals surface area contributed by atoms with Gasteiger partial charge < -0.3 is 14.8 Å². The fourth-order valence-corrected chi connectivity index (χ4v) is 1.83. The second-order valence-corrected chi connectivity index (χ2v) is 4.57. The van der Waals surface area contributed by atoms with Crippen LogP contribution in [0.4, 0.5) is 0 Å². The molecule has 0 amide bonds. The Bertz CT molecular complexity index is 311. The average molecular weight is 251 g/mol. The van der Waals surface area contributed by atoms with Crippen molar-refractivity contribution < 1.29 is 9.47 Å². The van der Waals surface area contributed by atoms with Crippen LogP contribution < -0.4 is 5.32 Å². The molecule has 0 saturated heterocycles. The molecular weight excluding hydrogens is 226 g/mol. The summed E-state index contributed by atoms with van der Waals surface area (Å²) in [5.74, 6) is 0. The van der Waals surface area contributed by atoms with E-state index in [2.05, 4.69) is 36.5 Å². The second kappa shape index (κ2) is 9.09. The van der Waals surface area contributed by atoms with Crippen molar-refractivity contribution in [3.05, 3.63) is 35.4 Å². The number of methoxy groups -OCH3 is 1. The Hall–Kier alpha value is -0.900. The van der Waals surface area contributed by atoms with E-state index in [1.807, 2.05) is 7.05 Å². The Balaban J connectivity index is 2.26. The molecule has 0 spiro atoms. The molecule has 1 aromatic rings. The van der Waals surface area contributed by atoms with Crippen LogP contribution in [-0.2, 0) is 15.9 Å². The highest BCUT2D eigenvalue weighted by atomic mass is 16.5. The molecule has 3 nitrogen and oxygen atoms in total. The second-order valence-electron chi connectivity index (χ2n) is 4.57. The lowest BCUT2D eigenvalue weighted by atomic mass is 10.0. The summed E-state index contributed by atoms with van der Waals surface area (Å²) in [6.07, 6.45) is 2.07. The molecule has 0 aliphatic rings. The highest BCUT2D eigenvalue weighted by Gasteiger charge is 2.07. The quantitative estimate of drug-likeness (QED) is 0.682. The van der Waals surface area contributed by atoms with E-state index in [1.54, 1.807) is 7.11 Å². The van der Waals surface area contributed by atoms with Gasteiger partial charge in [-0.2, -0.15) is 0 Å². The van der Waals surface area contributed by atoms with Gasteiger partial charge in [0, 0.05) is 19.8 Å². The van der Waals surface area contributed by atoms with E-state index in [0.717, 1.165) is 19.4 Å². The Morgan fingerprint density at radius 1 is 1.11 bits per heavy atom. The lowest BCUT2D eigenvalue weighted by molar-refractivity contribution is 0.0661. The predicted molar refractivity (Wildman–Crippen MR) is 75.0 cm³/mol.